The van der Waals surface area contributed by atoms with E-state index in [-0.39, 0.29) is 5.91 Å². The van der Waals surface area contributed by atoms with Crippen molar-refractivity contribution in [1.82, 2.24) is 25.2 Å². The number of thiazole rings is 1. The van der Waals surface area contributed by atoms with Gasteiger partial charge >= 0.3 is 0 Å². The molecule has 1 N–H and O–H groups in total. The molecule has 1 amide bonds. The highest BCUT2D eigenvalue weighted by Gasteiger charge is 2.15. The minimum atomic E-state index is -0.272. The molecule has 4 aromatic rings. The van der Waals surface area contributed by atoms with E-state index < -0.39 is 0 Å². The lowest BCUT2D eigenvalue weighted by molar-refractivity contribution is 0.102. The monoisotopic (exact) mass is 426 g/mol. The third-order valence-corrected chi connectivity index (χ3v) is 4.84. The number of rotatable bonds is 4. The highest BCUT2D eigenvalue weighted by molar-refractivity contribution is 9.10. The maximum Gasteiger partial charge on any atom is 0.259 e. The third-order valence-electron chi connectivity index (χ3n) is 3.59. The van der Waals surface area contributed by atoms with Crippen molar-refractivity contribution in [2.24, 2.45) is 0 Å². The van der Waals surface area contributed by atoms with Crippen molar-refractivity contribution in [2.75, 3.05) is 5.32 Å². The zero-order valence-electron chi connectivity index (χ0n) is 13.2. The van der Waals surface area contributed by atoms with Gasteiger partial charge in [-0.3, -0.25) is 10.1 Å². The summed E-state index contributed by atoms with van der Waals surface area (Å²) in [4.78, 5) is 17.2. The van der Waals surface area contributed by atoms with Crippen molar-refractivity contribution in [3.8, 4) is 16.9 Å². The average molecular weight is 427 g/mol. The second kappa shape index (κ2) is 7.14. The summed E-state index contributed by atoms with van der Waals surface area (Å²) in [7, 11) is 0. The summed E-state index contributed by atoms with van der Waals surface area (Å²) in [5, 5.41) is 16.3. The number of carbonyl (C=O) groups excluding carboxylic acids is 1. The van der Waals surface area contributed by atoms with Gasteiger partial charge in [0.15, 0.2) is 5.13 Å². The molecule has 26 heavy (non-hydrogen) atoms. The highest BCUT2D eigenvalue weighted by atomic mass is 79.9. The van der Waals surface area contributed by atoms with Crippen molar-refractivity contribution < 1.29 is 4.79 Å². The SMILES string of the molecule is O=C(Nc1nc(-c2cccc(Br)c2)cs1)c1ccccc1-n1cnnn1. The molecule has 0 fully saturated rings. The van der Waals surface area contributed by atoms with Crippen LogP contribution in [0.2, 0.25) is 0 Å². The van der Waals surface area contributed by atoms with Gasteiger partial charge in [-0.25, -0.2) is 4.98 Å². The first-order valence-electron chi connectivity index (χ1n) is 7.56. The standard InChI is InChI=1S/C17H11BrN6OS/c18-12-5-3-4-11(8-12)14-9-26-17(20-14)21-16(25)13-6-1-2-7-15(13)24-10-19-22-23-24/h1-10H,(H,20,21,25). The molecule has 0 radical (unpaired) electrons. The van der Waals surface area contributed by atoms with Gasteiger partial charge in [0, 0.05) is 15.4 Å². The summed E-state index contributed by atoms with van der Waals surface area (Å²) < 4.78 is 2.42. The van der Waals surface area contributed by atoms with Crippen LogP contribution in [0.5, 0.6) is 0 Å². The quantitative estimate of drug-likeness (QED) is 0.536. The molecule has 0 unspecified atom stereocenters. The lowest BCUT2D eigenvalue weighted by atomic mass is 10.1. The molecule has 4 rings (SSSR count). The summed E-state index contributed by atoms with van der Waals surface area (Å²) >= 11 is 4.82. The van der Waals surface area contributed by atoms with Gasteiger partial charge in [-0.05, 0) is 34.7 Å². The Hall–Kier alpha value is -2.91. The molecule has 0 aliphatic rings. The number of hydrogen-bond acceptors (Lipinski definition) is 6. The molecule has 2 heterocycles. The van der Waals surface area contributed by atoms with Crippen LogP contribution in [0.25, 0.3) is 16.9 Å². The number of amides is 1. The van der Waals surface area contributed by atoms with Crippen LogP contribution < -0.4 is 5.32 Å². The number of tetrazole rings is 1. The topological polar surface area (TPSA) is 85.6 Å². The lowest BCUT2D eigenvalue weighted by Gasteiger charge is -2.07. The Bertz CT molecular complexity index is 1060. The molecule has 0 saturated carbocycles. The van der Waals surface area contributed by atoms with E-state index in [1.807, 2.05) is 35.7 Å². The van der Waals surface area contributed by atoms with Crippen LogP contribution in [-0.4, -0.2) is 31.1 Å². The number of benzene rings is 2. The molecule has 7 nitrogen and oxygen atoms in total. The van der Waals surface area contributed by atoms with Crippen LogP contribution in [0.4, 0.5) is 5.13 Å². The van der Waals surface area contributed by atoms with E-state index in [1.54, 1.807) is 18.2 Å². The molecular formula is C17H11BrN6OS. The molecule has 9 heteroatoms. The molecule has 0 saturated heterocycles. The summed E-state index contributed by atoms with van der Waals surface area (Å²) in [5.41, 5.74) is 2.84. The van der Waals surface area contributed by atoms with E-state index >= 15 is 0 Å². The first-order valence-corrected chi connectivity index (χ1v) is 9.23. The fourth-order valence-electron chi connectivity index (χ4n) is 2.41. The first-order chi connectivity index (χ1) is 12.7. The van der Waals surface area contributed by atoms with E-state index in [1.165, 1.54) is 22.3 Å². The Labute approximate surface area is 160 Å². The van der Waals surface area contributed by atoms with Crippen LogP contribution >= 0.6 is 27.3 Å². The number of para-hydroxylation sites is 1. The lowest BCUT2D eigenvalue weighted by Crippen LogP contribution is -2.15. The van der Waals surface area contributed by atoms with Crippen molar-refractivity contribution in [3.05, 3.63) is 70.3 Å². The van der Waals surface area contributed by atoms with Gasteiger partial charge in [-0.1, -0.05) is 40.2 Å². The van der Waals surface area contributed by atoms with Gasteiger partial charge in [0.1, 0.15) is 6.33 Å². The van der Waals surface area contributed by atoms with Crippen molar-refractivity contribution in [2.45, 2.75) is 0 Å². The minimum absolute atomic E-state index is 0.272. The predicted octanol–water partition coefficient (Wildman–Crippen LogP) is 3.80. The van der Waals surface area contributed by atoms with Crippen LogP contribution in [0.1, 0.15) is 10.4 Å². The zero-order valence-corrected chi connectivity index (χ0v) is 15.6. The van der Waals surface area contributed by atoms with Gasteiger partial charge in [-0.2, -0.15) is 4.68 Å². The summed E-state index contributed by atoms with van der Waals surface area (Å²) in [5.74, 6) is -0.272. The van der Waals surface area contributed by atoms with E-state index in [0.29, 0.717) is 16.4 Å². The van der Waals surface area contributed by atoms with Crippen molar-refractivity contribution in [1.29, 1.82) is 0 Å². The predicted molar refractivity (Wildman–Crippen MR) is 102 cm³/mol. The van der Waals surface area contributed by atoms with Crippen molar-refractivity contribution in [3.63, 3.8) is 0 Å². The van der Waals surface area contributed by atoms with E-state index in [9.17, 15) is 4.79 Å². The number of anilines is 1. The van der Waals surface area contributed by atoms with Gasteiger partial charge in [0.05, 0.1) is 16.9 Å². The normalized spacial score (nSPS) is 10.7. The van der Waals surface area contributed by atoms with Crippen LogP contribution in [0, 0.1) is 0 Å². The molecule has 128 valence electrons. The van der Waals surface area contributed by atoms with Gasteiger partial charge in [0.2, 0.25) is 0 Å². The highest BCUT2D eigenvalue weighted by Crippen LogP contribution is 2.27. The van der Waals surface area contributed by atoms with E-state index in [0.717, 1.165) is 15.7 Å². The van der Waals surface area contributed by atoms with Crippen LogP contribution in [-0.2, 0) is 0 Å². The Kier molecular flexibility index (Phi) is 4.55. The third kappa shape index (κ3) is 3.39. The van der Waals surface area contributed by atoms with Gasteiger partial charge in [0.25, 0.3) is 5.91 Å². The van der Waals surface area contributed by atoms with Crippen LogP contribution in [0.3, 0.4) is 0 Å². The number of aromatic nitrogens is 5. The molecule has 2 aromatic carbocycles. The Morgan fingerprint density at radius 1 is 1.15 bits per heavy atom. The Balaban J connectivity index is 1.59. The fraction of sp³-hybridized carbons (Fsp3) is 0. The Morgan fingerprint density at radius 3 is 2.85 bits per heavy atom. The molecule has 0 aliphatic carbocycles. The van der Waals surface area contributed by atoms with E-state index in [4.69, 9.17) is 0 Å². The number of hydrogen-bond donors (Lipinski definition) is 1. The summed E-state index contributed by atoms with van der Waals surface area (Å²) in [6.07, 6.45) is 1.45. The zero-order chi connectivity index (χ0) is 17.9. The van der Waals surface area contributed by atoms with Crippen LogP contribution in [0.15, 0.2) is 64.7 Å². The molecular weight excluding hydrogens is 416 g/mol. The average Bonchev–Trinajstić information content (AvgIpc) is 3.34. The molecule has 0 aliphatic heterocycles. The van der Waals surface area contributed by atoms with E-state index in [2.05, 4.69) is 41.8 Å². The maximum absolute atomic E-state index is 12.7. The van der Waals surface area contributed by atoms with Gasteiger partial charge in [-0.15, -0.1) is 16.4 Å². The minimum Gasteiger partial charge on any atom is -0.298 e. The second-order valence-corrected chi connectivity index (χ2v) is 7.05. The van der Waals surface area contributed by atoms with Crippen molar-refractivity contribution >= 4 is 38.3 Å². The second-order valence-electron chi connectivity index (χ2n) is 5.27. The first kappa shape index (κ1) is 16.6. The number of nitrogens with zero attached hydrogens (tertiary/aromatic N) is 5. The smallest absolute Gasteiger partial charge is 0.259 e. The molecule has 0 bridgehead atoms. The molecule has 0 spiro atoms. The number of carbonyl (C=O) groups is 1. The number of nitrogens with one attached hydrogen (secondary N) is 1. The number of halogens is 1. The summed E-state index contributed by atoms with van der Waals surface area (Å²) in [6, 6.07) is 15.0. The molecule has 0 atom stereocenters. The summed E-state index contributed by atoms with van der Waals surface area (Å²) in [6.45, 7) is 0. The largest absolute Gasteiger partial charge is 0.298 e. The fourth-order valence-corrected chi connectivity index (χ4v) is 3.53. The Morgan fingerprint density at radius 2 is 2.04 bits per heavy atom. The molecule has 2 aromatic heterocycles. The van der Waals surface area contributed by atoms with Gasteiger partial charge < -0.3 is 0 Å². The maximum atomic E-state index is 12.7.